The standard InChI is InChI=1S/C21H24N2O2/c24-21(20-14-16-6-4-5-7-17(16)15-22-20)23-12-10-19(11-13-23)25-18-8-2-1-3-9-18/h1-9,19-20,22H,10-15H2. The summed E-state index contributed by atoms with van der Waals surface area (Å²) in [5.74, 6) is 1.14. The zero-order chi connectivity index (χ0) is 17.1. The van der Waals surface area contributed by atoms with E-state index >= 15 is 0 Å². The second kappa shape index (κ2) is 7.28. The number of likely N-dealkylation sites (tertiary alicyclic amines) is 1. The van der Waals surface area contributed by atoms with Crippen LogP contribution in [0.2, 0.25) is 0 Å². The topological polar surface area (TPSA) is 41.6 Å². The van der Waals surface area contributed by atoms with Crippen LogP contribution in [-0.4, -0.2) is 36.0 Å². The molecule has 1 amide bonds. The monoisotopic (exact) mass is 336 g/mol. The van der Waals surface area contributed by atoms with E-state index in [0.717, 1.165) is 44.6 Å². The van der Waals surface area contributed by atoms with Crippen LogP contribution in [0.4, 0.5) is 0 Å². The molecule has 1 saturated heterocycles. The molecule has 2 aromatic rings. The van der Waals surface area contributed by atoms with Crippen molar-refractivity contribution < 1.29 is 9.53 Å². The Hall–Kier alpha value is -2.33. The fourth-order valence-electron chi connectivity index (χ4n) is 3.73. The van der Waals surface area contributed by atoms with Gasteiger partial charge in [-0.15, -0.1) is 0 Å². The predicted octanol–water partition coefficient (Wildman–Crippen LogP) is 2.77. The molecule has 2 aliphatic rings. The van der Waals surface area contributed by atoms with Gasteiger partial charge in [0.05, 0.1) is 6.04 Å². The van der Waals surface area contributed by atoms with E-state index in [4.69, 9.17) is 4.74 Å². The molecule has 1 atom stereocenters. The van der Waals surface area contributed by atoms with Crippen LogP contribution < -0.4 is 10.1 Å². The summed E-state index contributed by atoms with van der Waals surface area (Å²) in [7, 11) is 0. The number of amides is 1. The van der Waals surface area contributed by atoms with Gasteiger partial charge in [0.1, 0.15) is 11.9 Å². The molecule has 0 saturated carbocycles. The molecule has 2 aliphatic heterocycles. The van der Waals surface area contributed by atoms with Crippen LogP contribution in [-0.2, 0) is 17.8 Å². The molecule has 2 aromatic carbocycles. The van der Waals surface area contributed by atoms with Crippen molar-refractivity contribution in [2.45, 2.75) is 38.0 Å². The maximum Gasteiger partial charge on any atom is 0.240 e. The molecule has 2 heterocycles. The fraction of sp³-hybridized carbons (Fsp3) is 0.381. The maximum absolute atomic E-state index is 12.9. The van der Waals surface area contributed by atoms with Crippen LogP contribution >= 0.6 is 0 Å². The minimum atomic E-state index is -0.0958. The second-order valence-electron chi connectivity index (χ2n) is 6.86. The first-order valence-electron chi connectivity index (χ1n) is 9.10. The molecular weight excluding hydrogens is 312 g/mol. The third kappa shape index (κ3) is 3.69. The number of rotatable bonds is 3. The van der Waals surface area contributed by atoms with Crippen molar-refractivity contribution in [1.29, 1.82) is 0 Å². The first kappa shape index (κ1) is 16.2. The number of fused-ring (bicyclic) bond motifs is 1. The summed E-state index contributed by atoms with van der Waals surface area (Å²) >= 11 is 0. The lowest BCUT2D eigenvalue weighted by atomic mass is 9.94. The van der Waals surface area contributed by atoms with Crippen LogP contribution in [0.5, 0.6) is 5.75 Å². The molecule has 0 bridgehead atoms. The average Bonchev–Trinajstić information content (AvgIpc) is 2.68. The van der Waals surface area contributed by atoms with Crippen LogP contribution in [0.3, 0.4) is 0 Å². The summed E-state index contributed by atoms with van der Waals surface area (Å²) in [6, 6.07) is 18.2. The van der Waals surface area contributed by atoms with Crippen LogP contribution in [0.15, 0.2) is 54.6 Å². The number of hydrogen-bond acceptors (Lipinski definition) is 3. The lowest BCUT2D eigenvalue weighted by Crippen LogP contribution is -2.52. The Morgan fingerprint density at radius 1 is 0.960 bits per heavy atom. The van der Waals surface area contributed by atoms with Gasteiger partial charge in [-0.25, -0.2) is 0 Å². The van der Waals surface area contributed by atoms with Gasteiger partial charge in [-0.1, -0.05) is 42.5 Å². The highest BCUT2D eigenvalue weighted by molar-refractivity contribution is 5.82. The van der Waals surface area contributed by atoms with Crippen molar-refractivity contribution in [2.75, 3.05) is 13.1 Å². The summed E-state index contributed by atoms with van der Waals surface area (Å²) in [5, 5.41) is 3.40. The minimum absolute atomic E-state index is 0.0958. The van der Waals surface area contributed by atoms with E-state index in [-0.39, 0.29) is 18.1 Å². The van der Waals surface area contributed by atoms with E-state index in [9.17, 15) is 4.79 Å². The highest BCUT2D eigenvalue weighted by atomic mass is 16.5. The van der Waals surface area contributed by atoms with Gasteiger partial charge in [-0.3, -0.25) is 4.79 Å². The number of para-hydroxylation sites is 1. The lowest BCUT2D eigenvalue weighted by Gasteiger charge is -2.35. The minimum Gasteiger partial charge on any atom is -0.490 e. The smallest absolute Gasteiger partial charge is 0.240 e. The number of benzene rings is 2. The molecule has 130 valence electrons. The number of hydrogen-bond donors (Lipinski definition) is 1. The van der Waals surface area contributed by atoms with Crippen molar-refractivity contribution in [3.05, 3.63) is 65.7 Å². The van der Waals surface area contributed by atoms with Crippen LogP contribution in [0, 0.1) is 0 Å². The van der Waals surface area contributed by atoms with Crippen LogP contribution in [0.25, 0.3) is 0 Å². The highest BCUT2D eigenvalue weighted by Gasteiger charge is 2.30. The average molecular weight is 336 g/mol. The molecule has 1 unspecified atom stereocenters. The fourth-order valence-corrected chi connectivity index (χ4v) is 3.73. The molecule has 4 nitrogen and oxygen atoms in total. The van der Waals surface area contributed by atoms with Gasteiger partial charge in [0.25, 0.3) is 0 Å². The molecule has 4 rings (SSSR count). The predicted molar refractivity (Wildman–Crippen MR) is 97.4 cm³/mol. The molecule has 0 radical (unpaired) electrons. The molecule has 0 aliphatic carbocycles. The van der Waals surface area contributed by atoms with Crippen molar-refractivity contribution in [1.82, 2.24) is 10.2 Å². The van der Waals surface area contributed by atoms with Crippen molar-refractivity contribution in [2.24, 2.45) is 0 Å². The largest absolute Gasteiger partial charge is 0.490 e. The van der Waals surface area contributed by atoms with Crippen molar-refractivity contribution >= 4 is 5.91 Å². The molecule has 25 heavy (non-hydrogen) atoms. The molecular formula is C21H24N2O2. The van der Waals surface area contributed by atoms with E-state index in [1.54, 1.807) is 0 Å². The number of piperidine rings is 1. The van der Waals surface area contributed by atoms with Gasteiger partial charge < -0.3 is 15.0 Å². The quantitative estimate of drug-likeness (QED) is 0.937. The van der Waals surface area contributed by atoms with E-state index < -0.39 is 0 Å². The highest BCUT2D eigenvalue weighted by Crippen LogP contribution is 2.21. The maximum atomic E-state index is 12.9. The third-order valence-corrected chi connectivity index (χ3v) is 5.18. The Morgan fingerprint density at radius 3 is 2.40 bits per heavy atom. The Bertz CT molecular complexity index is 724. The van der Waals surface area contributed by atoms with Gasteiger partial charge in [-0.2, -0.15) is 0 Å². The van der Waals surface area contributed by atoms with E-state index in [0.29, 0.717) is 0 Å². The molecule has 4 heteroatoms. The SMILES string of the molecule is O=C(C1Cc2ccccc2CN1)N1CCC(Oc2ccccc2)CC1. The van der Waals surface area contributed by atoms with Gasteiger partial charge in [0.2, 0.25) is 5.91 Å². The Balaban J connectivity index is 1.31. The van der Waals surface area contributed by atoms with E-state index in [1.807, 2.05) is 35.2 Å². The van der Waals surface area contributed by atoms with Crippen molar-refractivity contribution in [3.8, 4) is 5.75 Å². The molecule has 1 N–H and O–H groups in total. The van der Waals surface area contributed by atoms with Crippen LogP contribution in [0.1, 0.15) is 24.0 Å². The Kier molecular flexibility index (Phi) is 4.70. The van der Waals surface area contributed by atoms with Crippen molar-refractivity contribution in [3.63, 3.8) is 0 Å². The lowest BCUT2D eigenvalue weighted by molar-refractivity contribution is -0.135. The van der Waals surface area contributed by atoms with Gasteiger partial charge in [-0.05, 0) is 29.7 Å². The molecule has 1 fully saturated rings. The zero-order valence-corrected chi connectivity index (χ0v) is 14.4. The zero-order valence-electron chi connectivity index (χ0n) is 14.4. The van der Waals surface area contributed by atoms with E-state index in [2.05, 4.69) is 29.6 Å². The Morgan fingerprint density at radius 2 is 1.64 bits per heavy atom. The Labute approximate surface area is 148 Å². The number of ether oxygens (including phenoxy) is 1. The van der Waals surface area contributed by atoms with E-state index in [1.165, 1.54) is 11.1 Å². The molecule has 0 spiro atoms. The number of nitrogens with zero attached hydrogens (tertiary/aromatic N) is 1. The first-order valence-corrected chi connectivity index (χ1v) is 9.10. The number of carbonyl (C=O) groups is 1. The molecule has 0 aromatic heterocycles. The summed E-state index contributed by atoms with van der Waals surface area (Å²) < 4.78 is 6.02. The summed E-state index contributed by atoms with van der Waals surface area (Å²) in [6.07, 6.45) is 2.77. The normalized spacial score (nSPS) is 20.8. The van der Waals surface area contributed by atoms with Gasteiger partial charge in [0.15, 0.2) is 0 Å². The first-order chi connectivity index (χ1) is 12.3. The second-order valence-corrected chi connectivity index (χ2v) is 6.86. The van der Waals surface area contributed by atoms with Gasteiger partial charge in [0, 0.05) is 32.5 Å². The number of nitrogens with one attached hydrogen (secondary N) is 1. The summed E-state index contributed by atoms with van der Waals surface area (Å²) in [4.78, 5) is 14.8. The summed E-state index contributed by atoms with van der Waals surface area (Å²) in [5.41, 5.74) is 2.60. The summed E-state index contributed by atoms with van der Waals surface area (Å²) in [6.45, 7) is 2.33. The third-order valence-electron chi connectivity index (χ3n) is 5.18. The van der Waals surface area contributed by atoms with Gasteiger partial charge >= 0.3 is 0 Å². The number of carbonyl (C=O) groups excluding carboxylic acids is 1.